The van der Waals surface area contributed by atoms with Gasteiger partial charge in [-0.2, -0.15) is 4.98 Å². The Balaban J connectivity index is 2.62. The molecule has 0 aliphatic rings. The third-order valence-corrected chi connectivity index (χ3v) is 3.00. The van der Waals surface area contributed by atoms with E-state index in [9.17, 15) is 4.39 Å². The maximum atomic E-state index is 13.4. The lowest BCUT2D eigenvalue weighted by Crippen LogP contribution is -2.02. The van der Waals surface area contributed by atoms with E-state index in [1.54, 1.807) is 26.1 Å². The van der Waals surface area contributed by atoms with Gasteiger partial charge in [0.1, 0.15) is 11.6 Å². The van der Waals surface area contributed by atoms with Crippen LogP contribution in [-0.2, 0) is 0 Å². The standard InChI is InChI=1S/C13H15FN4/c1-7-8(2)10(14)5-4-9(7)11-6-12(16-3)18-13(15)17-11/h4-6H,1-3H3,(H3,15,16,17,18). The summed E-state index contributed by atoms with van der Waals surface area (Å²) in [6.45, 7) is 3.61. The Morgan fingerprint density at radius 1 is 1.17 bits per heavy atom. The summed E-state index contributed by atoms with van der Waals surface area (Å²) < 4.78 is 13.4. The van der Waals surface area contributed by atoms with E-state index >= 15 is 0 Å². The Hall–Kier alpha value is -2.17. The van der Waals surface area contributed by atoms with Crippen molar-refractivity contribution in [3.63, 3.8) is 0 Å². The van der Waals surface area contributed by atoms with Gasteiger partial charge < -0.3 is 11.1 Å². The van der Waals surface area contributed by atoms with Gasteiger partial charge in [0.2, 0.25) is 5.95 Å². The summed E-state index contributed by atoms with van der Waals surface area (Å²) in [7, 11) is 1.76. The van der Waals surface area contributed by atoms with Crippen molar-refractivity contribution in [3.05, 3.63) is 35.1 Å². The van der Waals surface area contributed by atoms with Crippen LogP contribution in [0.15, 0.2) is 18.2 Å². The van der Waals surface area contributed by atoms with Gasteiger partial charge >= 0.3 is 0 Å². The van der Waals surface area contributed by atoms with Crippen molar-refractivity contribution in [2.75, 3.05) is 18.1 Å². The molecule has 0 saturated heterocycles. The average molecular weight is 246 g/mol. The zero-order valence-corrected chi connectivity index (χ0v) is 10.6. The number of halogens is 1. The number of rotatable bonds is 2. The quantitative estimate of drug-likeness (QED) is 0.854. The molecule has 4 nitrogen and oxygen atoms in total. The third-order valence-electron chi connectivity index (χ3n) is 3.00. The minimum Gasteiger partial charge on any atom is -0.373 e. The van der Waals surface area contributed by atoms with Gasteiger partial charge in [-0.3, -0.25) is 0 Å². The molecule has 0 radical (unpaired) electrons. The fourth-order valence-electron chi connectivity index (χ4n) is 1.80. The molecule has 0 saturated carbocycles. The fourth-order valence-corrected chi connectivity index (χ4v) is 1.80. The number of hydrogen-bond donors (Lipinski definition) is 2. The van der Waals surface area contributed by atoms with Crippen molar-refractivity contribution < 1.29 is 4.39 Å². The normalized spacial score (nSPS) is 10.4. The van der Waals surface area contributed by atoms with Gasteiger partial charge in [0, 0.05) is 18.7 Å². The molecule has 0 fully saturated rings. The number of nitrogens with one attached hydrogen (secondary N) is 1. The number of hydrogen-bond acceptors (Lipinski definition) is 4. The predicted octanol–water partition coefficient (Wildman–Crippen LogP) is 2.52. The second kappa shape index (κ2) is 4.60. The molecule has 0 aliphatic carbocycles. The van der Waals surface area contributed by atoms with Crippen molar-refractivity contribution in [2.45, 2.75) is 13.8 Å². The highest BCUT2D eigenvalue weighted by Crippen LogP contribution is 2.27. The number of nitrogens with two attached hydrogens (primary N) is 1. The molecule has 0 amide bonds. The van der Waals surface area contributed by atoms with Crippen molar-refractivity contribution in [1.82, 2.24) is 9.97 Å². The van der Waals surface area contributed by atoms with E-state index in [0.717, 1.165) is 11.1 Å². The first-order valence-corrected chi connectivity index (χ1v) is 5.61. The lowest BCUT2D eigenvalue weighted by Gasteiger charge is -2.10. The van der Waals surface area contributed by atoms with Crippen molar-refractivity contribution in [3.8, 4) is 11.3 Å². The molecule has 94 valence electrons. The minimum atomic E-state index is -0.216. The molecule has 18 heavy (non-hydrogen) atoms. The molecule has 0 unspecified atom stereocenters. The minimum absolute atomic E-state index is 0.193. The number of nitrogen functional groups attached to an aromatic ring is 1. The molecule has 3 N–H and O–H groups in total. The van der Waals surface area contributed by atoms with Gasteiger partial charge in [-0.1, -0.05) is 0 Å². The Morgan fingerprint density at radius 3 is 2.56 bits per heavy atom. The zero-order valence-electron chi connectivity index (χ0n) is 10.6. The van der Waals surface area contributed by atoms with Crippen LogP contribution in [-0.4, -0.2) is 17.0 Å². The monoisotopic (exact) mass is 246 g/mol. The predicted molar refractivity (Wildman–Crippen MR) is 70.9 cm³/mol. The molecule has 0 bridgehead atoms. The third kappa shape index (κ3) is 2.11. The highest BCUT2D eigenvalue weighted by molar-refractivity contribution is 5.68. The lowest BCUT2D eigenvalue weighted by molar-refractivity contribution is 0.617. The van der Waals surface area contributed by atoms with Crippen LogP contribution in [0, 0.1) is 19.7 Å². The Bertz CT molecular complexity index is 596. The van der Waals surface area contributed by atoms with Crippen LogP contribution in [0.5, 0.6) is 0 Å². The number of nitrogens with zero attached hydrogens (tertiary/aromatic N) is 2. The summed E-state index contributed by atoms with van der Waals surface area (Å²) in [4.78, 5) is 8.22. The molecule has 0 atom stereocenters. The molecule has 2 rings (SSSR count). The first kappa shape index (κ1) is 12.3. The number of aromatic nitrogens is 2. The SMILES string of the molecule is CNc1cc(-c2ccc(F)c(C)c2C)nc(N)n1. The summed E-state index contributed by atoms with van der Waals surface area (Å²) in [5.41, 5.74) is 8.68. The topological polar surface area (TPSA) is 63.8 Å². The second-order valence-corrected chi connectivity index (χ2v) is 4.09. The molecule has 0 aliphatic heterocycles. The Kier molecular flexibility index (Phi) is 3.14. The largest absolute Gasteiger partial charge is 0.373 e. The molecule has 0 spiro atoms. The Labute approximate surface area is 105 Å². The van der Waals surface area contributed by atoms with E-state index in [1.807, 2.05) is 6.92 Å². The molecular weight excluding hydrogens is 231 g/mol. The zero-order chi connectivity index (χ0) is 13.3. The Morgan fingerprint density at radius 2 is 1.89 bits per heavy atom. The van der Waals surface area contributed by atoms with Crippen LogP contribution in [0.4, 0.5) is 16.2 Å². The van der Waals surface area contributed by atoms with Crippen LogP contribution >= 0.6 is 0 Å². The maximum absolute atomic E-state index is 13.4. The highest BCUT2D eigenvalue weighted by atomic mass is 19.1. The van der Waals surface area contributed by atoms with E-state index in [1.165, 1.54) is 6.07 Å². The van der Waals surface area contributed by atoms with Gasteiger partial charge in [0.15, 0.2) is 0 Å². The number of benzene rings is 1. The maximum Gasteiger partial charge on any atom is 0.222 e. The second-order valence-electron chi connectivity index (χ2n) is 4.09. The van der Waals surface area contributed by atoms with E-state index in [4.69, 9.17) is 5.73 Å². The summed E-state index contributed by atoms with van der Waals surface area (Å²) in [5, 5.41) is 2.92. The van der Waals surface area contributed by atoms with Crippen LogP contribution in [0.25, 0.3) is 11.3 Å². The highest BCUT2D eigenvalue weighted by Gasteiger charge is 2.10. The van der Waals surface area contributed by atoms with Crippen molar-refractivity contribution in [2.24, 2.45) is 0 Å². The summed E-state index contributed by atoms with van der Waals surface area (Å²) in [6, 6.07) is 4.93. The first-order chi connectivity index (χ1) is 8.52. The van der Waals surface area contributed by atoms with Gasteiger partial charge in [-0.15, -0.1) is 0 Å². The molecule has 1 aromatic heterocycles. The van der Waals surface area contributed by atoms with Gasteiger partial charge in [0.05, 0.1) is 5.69 Å². The first-order valence-electron chi connectivity index (χ1n) is 5.61. The van der Waals surface area contributed by atoms with Crippen LogP contribution < -0.4 is 11.1 Å². The van der Waals surface area contributed by atoms with E-state index in [2.05, 4.69) is 15.3 Å². The molecule has 1 aromatic carbocycles. The van der Waals surface area contributed by atoms with Crippen LogP contribution in [0.1, 0.15) is 11.1 Å². The molecule has 1 heterocycles. The fraction of sp³-hybridized carbons (Fsp3) is 0.231. The smallest absolute Gasteiger partial charge is 0.222 e. The summed E-state index contributed by atoms with van der Waals surface area (Å²) >= 11 is 0. The van der Waals surface area contributed by atoms with Gasteiger partial charge in [-0.05, 0) is 37.1 Å². The van der Waals surface area contributed by atoms with Crippen molar-refractivity contribution in [1.29, 1.82) is 0 Å². The molecule has 5 heteroatoms. The molecular formula is C13H15FN4. The molecule has 2 aromatic rings. The van der Waals surface area contributed by atoms with Gasteiger partial charge in [0.25, 0.3) is 0 Å². The summed E-state index contributed by atoms with van der Waals surface area (Å²) in [5.74, 6) is 0.615. The van der Waals surface area contributed by atoms with E-state index in [0.29, 0.717) is 17.1 Å². The van der Waals surface area contributed by atoms with Gasteiger partial charge in [-0.25, -0.2) is 9.37 Å². The lowest BCUT2D eigenvalue weighted by atomic mass is 10.0. The number of anilines is 2. The van der Waals surface area contributed by atoms with E-state index < -0.39 is 0 Å². The van der Waals surface area contributed by atoms with Crippen LogP contribution in [0.2, 0.25) is 0 Å². The van der Waals surface area contributed by atoms with E-state index in [-0.39, 0.29) is 11.8 Å². The summed E-state index contributed by atoms with van der Waals surface area (Å²) in [6.07, 6.45) is 0. The average Bonchev–Trinajstić information content (AvgIpc) is 2.35. The van der Waals surface area contributed by atoms with Crippen molar-refractivity contribution >= 4 is 11.8 Å². The van der Waals surface area contributed by atoms with Crippen LogP contribution in [0.3, 0.4) is 0 Å².